The summed E-state index contributed by atoms with van der Waals surface area (Å²) in [7, 11) is 0. The van der Waals surface area contributed by atoms with Gasteiger partial charge in [0.15, 0.2) is 0 Å². The molecule has 0 aliphatic carbocycles. The van der Waals surface area contributed by atoms with Crippen molar-refractivity contribution in [3.63, 3.8) is 0 Å². The molecule has 5 nitrogen and oxygen atoms in total. The van der Waals surface area contributed by atoms with E-state index >= 15 is 0 Å². The fraction of sp³-hybridized carbons (Fsp3) is 0.286. The van der Waals surface area contributed by atoms with E-state index in [9.17, 15) is 0 Å². The molecule has 6 heteroatoms. The Morgan fingerprint density at radius 2 is 1.80 bits per heavy atom. The Hall–Kier alpha value is -1.66. The van der Waals surface area contributed by atoms with Crippen molar-refractivity contribution < 1.29 is 0 Å². The lowest BCUT2D eigenvalue weighted by molar-refractivity contribution is 0.845. The van der Waals surface area contributed by atoms with Crippen molar-refractivity contribution in [3.05, 3.63) is 46.2 Å². The molecule has 20 heavy (non-hydrogen) atoms. The first kappa shape index (κ1) is 14.7. The van der Waals surface area contributed by atoms with Gasteiger partial charge < -0.3 is 10.7 Å². The van der Waals surface area contributed by atoms with Crippen LogP contribution in [0.2, 0.25) is 0 Å². The molecular weight excluding hydrogens is 318 g/mol. The van der Waals surface area contributed by atoms with Crippen LogP contribution in [-0.4, -0.2) is 9.97 Å². The molecule has 2 rings (SSSR count). The molecule has 0 amide bonds. The lowest BCUT2D eigenvalue weighted by atomic mass is 10.0. The second-order valence-electron chi connectivity index (χ2n) is 4.76. The molecule has 0 aliphatic rings. The predicted octanol–water partition coefficient (Wildman–Crippen LogP) is 3.26. The molecule has 0 bridgehead atoms. The maximum Gasteiger partial charge on any atom is 0.148 e. The molecule has 2 aromatic rings. The number of aromatic nitrogens is 2. The summed E-state index contributed by atoms with van der Waals surface area (Å²) in [5.74, 6) is 7.25. The smallest absolute Gasteiger partial charge is 0.148 e. The van der Waals surface area contributed by atoms with Gasteiger partial charge in [-0.25, -0.2) is 15.8 Å². The molecule has 0 spiro atoms. The molecule has 106 valence electrons. The summed E-state index contributed by atoms with van der Waals surface area (Å²) in [4.78, 5) is 8.47. The van der Waals surface area contributed by atoms with E-state index < -0.39 is 0 Å². The van der Waals surface area contributed by atoms with Crippen molar-refractivity contribution in [2.24, 2.45) is 5.84 Å². The average molecular weight is 336 g/mol. The van der Waals surface area contributed by atoms with E-state index in [1.54, 1.807) is 0 Å². The molecular formula is C14H18BrN5. The Labute approximate surface area is 127 Å². The van der Waals surface area contributed by atoms with E-state index in [2.05, 4.69) is 62.6 Å². The van der Waals surface area contributed by atoms with Crippen LogP contribution in [0, 0.1) is 0 Å². The van der Waals surface area contributed by atoms with Gasteiger partial charge in [-0.15, -0.1) is 0 Å². The Morgan fingerprint density at radius 1 is 1.15 bits per heavy atom. The Kier molecular flexibility index (Phi) is 4.92. The number of nitrogen functional groups attached to an aromatic ring is 1. The summed E-state index contributed by atoms with van der Waals surface area (Å²) in [6.45, 7) is 4.88. The molecule has 0 unspecified atom stereocenters. The number of hydrogen-bond acceptors (Lipinski definition) is 5. The fourth-order valence-corrected chi connectivity index (χ4v) is 2.25. The number of hydrogen-bond donors (Lipinski definition) is 3. The minimum Gasteiger partial charge on any atom is -0.366 e. The van der Waals surface area contributed by atoms with Crippen LogP contribution in [0.1, 0.15) is 30.9 Å². The third-order valence-corrected chi connectivity index (χ3v) is 3.50. The zero-order chi connectivity index (χ0) is 14.5. The van der Waals surface area contributed by atoms with Crippen LogP contribution in [0.15, 0.2) is 35.1 Å². The van der Waals surface area contributed by atoms with Crippen LogP contribution in [-0.2, 0) is 6.54 Å². The van der Waals surface area contributed by atoms with Gasteiger partial charge in [0.1, 0.15) is 18.0 Å². The van der Waals surface area contributed by atoms with Gasteiger partial charge in [-0.05, 0) is 23.6 Å². The van der Waals surface area contributed by atoms with Crippen LogP contribution in [0.4, 0.5) is 11.6 Å². The number of halogens is 1. The van der Waals surface area contributed by atoms with Gasteiger partial charge >= 0.3 is 0 Å². The summed E-state index contributed by atoms with van der Waals surface area (Å²) in [6.07, 6.45) is 1.50. The van der Waals surface area contributed by atoms with Gasteiger partial charge in [0.05, 0.1) is 0 Å². The predicted molar refractivity (Wildman–Crippen MR) is 85.4 cm³/mol. The summed E-state index contributed by atoms with van der Waals surface area (Å²) in [6, 6.07) is 8.17. The number of rotatable bonds is 5. The molecule has 0 atom stereocenters. The normalized spacial score (nSPS) is 10.7. The quantitative estimate of drug-likeness (QED) is 0.577. The zero-order valence-electron chi connectivity index (χ0n) is 11.5. The third kappa shape index (κ3) is 3.46. The van der Waals surface area contributed by atoms with Crippen molar-refractivity contribution >= 4 is 27.6 Å². The minimum atomic E-state index is 0.273. The molecule has 1 aromatic heterocycles. The maximum absolute atomic E-state index is 5.51. The standard InChI is InChI=1S/C14H18BrN5/c1-9(2)12-13(18-8-19-14(12)20-16)17-7-10-3-5-11(15)6-4-10/h3-6,8-9H,7,16H2,1-2H3,(H2,17,18,19,20). The zero-order valence-corrected chi connectivity index (χ0v) is 13.1. The van der Waals surface area contributed by atoms with Gasteiger partial charge in [0.25, 0.3) is 0 Å². The largest absolute Gasteiger partial charge is 0.366 e. The summed E-state index contributed by atoms with van der Waals surface area (Å²) in [5.41, 5.74) is 4.80. The Morgan fingerprint density at radius 3 is 2.40 bits per heavy atom. The van der Waals surface area contributed by atoms with Crippen molar-refractivity contribution in [3.8, 4) is 0 Å². The van der Waals surface area contributed by atoms with Crippen LogP contribution in [0.25, 0.3) is 0 Å². The average Bonchev–Trinajstić information content (AvgIpc) is 2.46. The molecule has 1 aromatic carbocycles. The van der Waals surface area contributed by atoms with Gasteiger partial charge in [-0.1, -0.05) is 41.9 Å². The fourth-order valence-electron chi connectivity index (χ4n) is 1.99. The second-order valence-corrected chi connectivity index (χ2v) is 5.68. The first-order valence-corrected chi connectivity index (χ1v) is 7.21. The molecule has 4 N–H and O–H groups in total. The van der Waals surface area contributed by atoms with Crippen molar-refractivity contribution in [1.29, 1.82) is 0 Å². The van der Waals surface area contributed by atoms with Gasteiger partial charge in [0.2, 0.25) is 0 Å². The van der Waals surface area contributed by atoms with Crippen LogP contribution < -0.4 is 16.6 Å². The lowest BCUT2D eigenvalue weighted by Crippen LogP contribution is -2.15. The molecule has 0 aliphatic heterocycles. The van der Waals surface area contributed by atoms with Crippen molar-refractivity contribution in [2.75, 3.05) is 10.7 Å². The highest BCUT2D eigenvalue weighted by Gasteiger charge is 2.13. The summed E-state index contributed by atoms with van der Waals surface area (Å²) < 4.78 is 1.07. The minimum absolute atomic E-state index is 0.273. The van der Waals surface area contributed by atoms with Gasteiger partial charge in [0, 0.05) is 16.6 Å². The van der Waals surface area contributed by atoms with Crippen LogP contribution in [0.3, 0.4) is 0 Å². The maximum atomic E-state index is 5.51. The highest BCUT2D eigenvalue weighted by Crippen LogP contribution is 2.28. The van der Waals surface area contributed by atoms with Crippen molar-refractivity contribution in [1.82, 2.24) is 9.97 Å². The monoisotopic (exact) mass is 335 g/mol. The van der Waals surface area contributed by atoms with Crippen LogP contribution in [0.5, 0.6) is 0 Å². The summed E-state index contributed by atoms with van der Waals surface area (Å²) >= 11 is 3.43. The van der Waals surface area contributed by atoms with Gasteiger partial charge in [-0.2, -0.15) is 0 Å². The van der Waals surface area contributed by atoms with E-state index in [1.807, 2.05) is 12.1 Å². The second kappa shape index (κ2) is 6.67. The van der Waals surface area contributed by atoms with E-state index in [-0.39, 0.29) is 5.92 Å². The number of nitrogens with two attached hydrogens (primary N) is 1. The summed E-state index contributed by atoms with van der Waals surface area (Å²) in [5, 5.41) is 3.34. The highest BCUT2D eigenvalue weighted by molar-refractivity contribution is 9.10. The molecule has 0 saturated heterocycles. The third-order valence-electron chi connectivity index (χ3n) is 2.97. The number of benzene rings is 1. The Balaban J connectivity index is 2.18. The van der Waals surface area contributed by atoms with Gasteiger partial charge in [-0.3, -0.25) is 0 Å². The van der Waals surface area contributed by atoms with E-state index in [4.69, 9.17) is 5.84 Å². The van der Waals surface area contributed by atoms with Crippen LogP contribution >= 0.6 is 15.9 Å². The van der Waals surface area contributed by atoms with E-state index in [0.29, 0.717) is 12.4 Å². The first-order chi connectivity index (χ1) is 9.61. The van der Waals surface area contributed by atoms with Crippen molar-refractivity contribution in [2.45, 2.75) is 26.3 Å². The molecule has 0 fully saturated rings. The Bertz CT molecular complexity index is 568. The SMILES string of the molecule is CC(C)c1c(NN)ncnc1NCc1ccc(Br)cc1. The number of nitrogens with one attached hydrogen (secondary N) is 2. The van der Waals surface area contributed by atoms with E-state index in [1.165, 1.54) is 11.9 Å². The first-order valence-electron chi connectivity index (χ1n) is 6.41. The highest BCUT2D eigenvalue weighted by atomic mass is 79.9. The number of nitrogens with zero attached hydrogens (tertiary/aromatic N) is 2. The number of hydrazine groups is 1. The lowest BCUT2D eigenvalue weighted by Gasteiger charge is -2.16. The topological polar surface area (TPSA) is 75.9 Å². The van der Waals surface area contributed by atoms with E-state index in [0.717, 1.165) is 15.9 Å². The molecule has 0 saturated carbocycles. The number of anilines is 2. The molecule has 1 heterocycles. The molecule has 0 radical (unpaired) electrons.